The van der Waals surface area contributed by atoms with Crippen LogP contribution in [0.1, 0.15) is 49.7 Å². The Morgan fingerprint density at radius 1 is 1.42 bits per heavy atom. The smallest absolute Gasteiger partial charge is 0.396 e. The summed E-state index contributed by atoms with van der Waals surface area (Å²) < 4.78 is 9.95. The number of hydrogen-bond donors (Lipinski definition) is 1. The molecule has 19 heavy (non-hydrogen) atoms. The molecule has 0 saturated heterocycles. The van der Waals surface area contributed by atoms with Gasteiger partial charge in [0.15, 0.2) is 0 Å². The molecule has 1 aliphatic carbocycles. The van der Waals surface area contributed by atoms with Gasteiger partial charge in [-0.2, -0.15) is 0 Å². The standard InChI is InChI=1S/C12H18N2O4S/c1-2-17-10(15)9-13-14-11(18-9)19-8-12(16)6-4-3-5-7-12/h16H,2-8H2,1H3. The summed E-state index contributed by atoms with van der Waals surface area (Å²) in [5.41, 5.74) is -0.651. The minimum absolute atomic E-state index is 0.139. The van der Waals surface area contributed by atoms with Crippen LogP contribution in [0.5, 0.6) is 0 Å². The lowest BCUT2D eigenvalue weighted by molar-refractivity contribution is 0.0271. The number of esters is 1. The van der Waals surface area contributed by atoms with Crippen molar-refractivity contribution in [3.8, 4) is 0 Å². The second kappa shape index (κ2) is 6.38. The summed E-state index contributed by atoms with van der Waals surface area (Å²) in [6, 6.07) is 0. The maximum atomic E-state index is 11.3. The van der Waals surface area contributed by atoms with Crippen molar-refractivity contribution in [2.45, 2.75) is 49.9 Å². The van der Waals surface area contributed by atoms with Crippen molar-refractivity contribution in [1.29, 1.82) is 0 Å². The summed E-state index contributed by atoms with van der Waals surface area (Å²) in [6.07, 6.45) is 4.89. The summed E-state index contributed by atoms with van der Waals surface area (Å²) in [5, 5.41) is 18.0. The largest absolute Gasteiger partial charge is 0.459 e. The van der Waals surface area contributed by atoms with Crippen molar-refractivity contribution in [2.24, 2.45) is 0 Å². The van der Waals surface area contributed by atoms with E-state index in [1.165, 1.54) is 18.2 Å². The number of rotatable bonds is 5. The lowest BCUT2D eigenvalue weighted by Crippen LogP contribution is -2.33. The molecule has 2 rings (SSSR count). The lowest BCUT2D eigenvalue weighted by atomic mass is 9.86. The SMILES string of the molecule is CCOC(=O)c1nnc(SCC2(O)CCCCC2)o1. The van der Waals surface area contributed by atoms with Gasteiger partial charge in [0.25, 0.3) is 5.22 Å². The number of aliphatic hydroxyl groups is 1. The van der Waals surface area contributed by atoms with Crippen LogP contribution in [0.2, 0.25) is 0 Å². The molecule has 0 aromatic carbocycles. The molecule has 0 radical (unpaired) electrons. The highest BCUT2D eigenvalue weighted by molar-refractivity contribution is 7.99. The third kappa shape index (κ3) is 3.94. The van der Waals surface area contributed by atoms with Gasteiger partial charge in [-0.1, -0.05) is 36.1 Å². The summed E-state index contributed by atoms with van der Waals surface area (Å²) in [7, 11) is 0. The number of aromatic nitrogens is 2. The number of carbonyl (C=O) groups is 1. The predicted molar refractivity (Wildman–Crippen MR) is 69.0 cm³/mol. The predicted octanol–water partition coefficient (Wildman–Crippen LogP) is 2.03. The molecule has 1 aromatic rings. The third-order valence-electron chi connectivity index (χ3n) is 3.11. The Hall–Kier alpha value is -1.08. The Morgan fingerprint density at radius 3 is 2.84 bits per heavy atom. The van der Waals surface area contributed by atoms with Crippen molar-refractivity contribution in [2.75, 3.05) is 12.4 Å². The molecule has 0 bridgehead atoms. The highest BCUT2D eigenvalue weighted by atomic mass is 32.2. The second-order valence-corrected chi connectivity index (χ2v) is 5.59. The molecule has 1 saturated carbocycles. The van der Waals surface area contributed by atoms with Crippen molar-refractivity contribution >= 4 is 17.7 Å². The van der Waals surface area contributed by atoms with E-state index in [4.69, 9.17) is 9.15 Å². The summed E-state index contributed by atoms with van der Waals surface area (Å²) in [4.78, 5) is 11.3. The van der Waals surface area contributed by atoms with Gasteiger partial charge < -0.3 is 14.3 Å². The third-order valence-corrected chi connectivity index (χ3v) is 4.20. The van der Waals surface area contributed by atoms with Gasteiger partial charge in [0.05, 0.1) is 12.2 Å². The van der Waals surface area contributed by atoms with Crippen LogP contribution in [-0.2, 0) is 4.74 Å². The molecule has 0 unspecified atom stereocenters. The molecule has 0 spiro atoms. The molecule has 0 amide bonds. The van der Waals surface area contributed by atoms with Gasteiger partial charge in [-0.3, -0.25) is 0 Å². The van der Waals surface area contributed by atoms with Gasteiger partial charge >= 0.3 is 11.9 Å². The second-order valence-electron chi connectivity index (χ2n) is 4.67. The molecular weight excluding hydrogens is 268 g/mol. The molecule has 106 valence electrons. The molecule has 0 aliphatic heterocycles. The molecule has 1 aliphatic rings. The van der Waals surface area contributed by atoms with Gasteiger partial charge in [0, 0.05) is 5.75 Å². The van der Waals surface area contributed by atoms with E-state index in [0.29, 0.717) is 11.0 Å². The fourth-order valence-electron chi connectivity index (χ4n) is 2.09. The van der Waals surface area contributed by atoms with Crippen LogP contribution in [0.3, 0.4) is 0 Å². The fraction of sp³-hybridized carbons (Fsp3) is 0.750. The average Bonchev–Trinajstić information content (AvgIpc) is 2.87. The molecule has 0 atom stereocenters. The van der Waals surface area contributed by atoms with Gasteiger partial charge in [-0.15, -0.1) is 5.10 Å². The summed E-state index contributed by atoms with van der Waals surface area (Å²) >= 11 is 1.28. The maximum Gasteiger partial charge on any atom is 0.396 e. The molecule has 1 N–H and O–H groups in total. The first-order chi connectivity index (χ1) is 9.13. The van der Waals surface area contributed by atoms with Gasteiger partial charge in [0.1, 0.15) is 0 Å². The Balaban J connectivity index is 1.87. The number of hydrogen-bond acceptors (Lipinski definition) is 7. The van der Waals surface area contributed by atoms with Crippen LogP contribution in [-0.4, -0.2) is 39.2 Å². The van der Waals surface area contributed by atoms with Crippen molar-refractivity contribution in [3.63, 3.8) is 0 Å². The maximum absolute atomic E-state index is 11.3. The van der Waals surface area contributed by atoms with E-state index in [1.54, 1.807) is 6.92 Å². The Kier molecular flexibility index (Phi) is 4.81. The topological polar surface area (TPSA) is 85.5 Å². The summed E-state index contributed by atoms with van der Waals surface area (Å²) in [6.45, 7) is 1.98. The zero-order chi connectivity index (χ0) is 13.7. The quantitative estimate of drug-likeness (QED) is 0.654. The zero-order valence-corrected chi connectivity index (χ0v) is 11.7. The average molecular weight is 286 g/mol. The zero-order valence-electron chi connectivity index (χ0n) is 10.9. The minimum Gasteiger partial charge on any atom is -0.459 e. The van der Waals surface area contributed by atoms with Crippen molar-refractivity contribution in [1.82, 2.24) is 10.2 Å². The molecule has 1 aromatic heterocycles. The number of ether oxygens (including phenoxy) is 1. The van der Waals surface area contributed by atoms with E-state index in [-0.39, 0.29) is 12.5 Å². The van der Waals surface area contributed by atoms with E-state index in [9.17, 15) is 9.90 Å². The van der Waals surface area contributed by atoms with E-state index < -0.39 is 11.6 Å². The fourth-order valence-corrected chi connectivity index (χ4v) is 3.01. The van der Waals surface area contributed by atoms with Gasteiger partial charge in [-0.25, -0.2) is 4.79 Å². The monoisotopic (exact) mass is 286 g/mol. The van der Waals surface area contributed by atoms with E-state index in [0.717, 1.165) is 25.7 Å². The minimum atomic E-state index is -0.651. The number of carbonyl (C=O) groups excluding carboxylic acids is 1. The summed E-state index contributed by atoms with van der Waals surface area (Å²) in [5.74, 6) is -0.240. The van der Waals surface area contributed by atoms with Crippen molar-refractivity contribution < 1.29 is 19.1 Å². The van der Waals surface area contributed by atoms with Gasteiger partial charge in [0.2, 0.25) is 0 Å². The molecule has 1 heterocycles. The van der Waals surface area contributed by atoms with Crippen LogP contribution in [0, 0.1) is 0 Å². The first-order valence-corrected chi connectivity index (χ1v) is 7.47. The first-order valence-electron chi connectivity index (χ1n) is 6.49. The number of thioether (sulfide) groups is 1. The normalized spacial score (nSPS) is 18.2. The lowest BCUT2D eigenvalue weighted by Gasteiger charge is -2.31. The molecule has 7 heteroatoms. The Morgan fingerprint density at radius 2 is 2.16 bits per heavy atom. The van der Waals surface area contributed by atoms with E-state index in [1.807, 2.05) is 0 Å². The van der Waals surface area contributed by atoms with Crippen LogP contribution >= 0.6 is 11.8 Å². The highest BCUT2D eigenvalue weighted by Crippen LogP contribution is 2.33. The molecule has 6 nitrogen and oxygen atoms in total. The Bertz CT molecular complexity index is 429. The van der Waals surface area contributed by atoms with Crippen molar-refractivity contribution in [3.05, 3.63) is 5.89 Å². The van der Waals surface area contributed by atoms with Gasteiger partial charge in [-0.05, 0) is 19.8 Å². The number of nitrogens with zero attached hydrogens (tertiary/aromatic N) is 2. The van der Waals surface area contributed by atoms with Crippen LogP contribution < -0.4 is 0 Å². The molecule has 1 fully saturated rings. The van der Waals surface area contributed by atoms with E-state index in [2.05, 4.69) is 10.2 Å². The first kappa shape index (κ1) is 14.3. The Labute approximate surface area is 115 Å². The van der Waals surface area contributed by atoms with Crippen LogP contribution in [0.15, 0.2) is 9.64 Å². The molecular formula is C12H18N2O4S. The van der Waals surface area contributed by atoms with E-state index >= 15 is 0 Å². The highest BCUT2D eigenvalue weighted by Gasteiger charge is 2.30. The van der Waals surface area contributed by atoms with Crippen LogP contribution in [0.25, 0.3) is 0 Å². The van der Waals surface area contributed by atoms with Crippen LogP contribution in [0.4, 0.5) is 0 Å².